The van der Waals surface area contributed by atoms with E-state index in [2.05, 4.69) is 0 Å². The predicted molar refractivity (Wildman–Crippen MR) is 74.0 cm³/mol. The molecular formula is C16H16O3. The van der Waals surface area contributed by atoms with Crippen molar-refractivity contribution in [2.45, 2.75) is 6.92 Å². The molecule has 98 valence electrons. The Morgan fingerprint density at radius 3 is 2.37 bits per heavy atom. The van der Waals surface area contributed by atoms with E-state index in [1.165, 1.54) is 0 Å². The van der Waals surface area contributed by atoms with Crippen molar-refractivity contribution < 1.29 is 14.3 Å². The van der Waals surface area contributed by atoms with E-state index in [1.807, 2.05) is 19.1 Å². The maximum Gasteiger partial charge on any atom is 0.196 e. The fourth-order valence-corrected chi connectivity index (χ4v) is 1.86. The first-order chi connectivity index (χ1) is 9.26. The van der Waals surface area contributed by atoms with Crippen LogP contribution in [0.5, 0.6) is 11.5 Å². The number of hydrogen-bond acceptors (Lipinski definition) is 3. The molecule has 2 rings (SSSR count). The van der Waals surface area contributed by atoms with Crippen LogP contribution in [0.15, 0.2) is 48.5 Å². The van der Waals surface area contributed by atoms with Crippen molar-refractivity contribution in [1.82, 2.24) is 0 Å². The molecule has 0 amide bonds. The SMILES string of the molecule is CCOc1ccc(C(=O)c2ccccc2OC)cc1. The van der Waals surface area contributed by atoms with E-state index >= 15 is 0 Å². The molecule has 0 aliphatic rings. The Labute approximate surface area is 112 Å². The van der Waals surface area contributed by atoms with Crippen molar-refractivity contribution in [3.05, 3.63) is 59.7 Å². The van der Waals surface area contributed by atoms with Gasteiger partial charge in [-0.1, -0.05) is 12.1 Å². The van der Waals surface area contributed by atoms with Gasteiger partial charge in [0.1, 0.15) is 11.5 Å². The maximum absolute atomic E-state index is 12.4. The summed E-state index contributed by atoms with van der Waals surface area (Å²) in [6, 6.07) is 14.3. The van der Waals surface area contributed by atoms with Crippen molar-refractivity contribution in [2.75, 3.05) is 13.7 Å². The number of carbonyl (C=O) groups excluding carboxylic acids is 1. The summed E-state index contributed by atoms with van der Waals surface area (Å²) in [6.07, 6.45) is 0. The number of hydrogen-bond donors (Lipinski definition) is 0. The van der Waals surface area contributed by atoms with Gasteiger partial charge in [0.2, 0.25) is 0 Å². The standard InChI is InChI=1S/C16H16O3/c1-3-19-13-10-8-12(9-11-13)16(17)14-6-4-5-7-15(14)18-2/h4-11H,3H2,1-2H3. The number of ether oxygens (including phenoxy) is 2. The Balaban J connectivity index is 2.28. The van der Waals surface area contributed by atoms with Gasteiger partial charge in [-0.15, -0.1) is 0 Å². The second kappa shape index (κ2) is 6.05. The third-order valence-electron chi connectivity index (χ3n) is 2.78. The van der Waals surface area contributed by atoms with Gasteiger partial charge in [0.25, 0.3) is 0 Å². The zero-order valence-electron chi connectivity index (χ0n) is 11.1. The Morgan fingerprint density at radius 1 is 1.05 bits per heavy atom. The van der Waals surface area contributed by atoms with Gasteiger partial charge in [0.05, 0.1) is 19.3 Å². The number of para-hydroxylation sites is 1. The lowest BCUT2D eigenvalue weighted by atomic mass is 10.0. The van der Waals surface area contributed by atoms with E-state index in [0.29, 0.717) is 23.5 Å². The molecule has 0 saturated carbocycles. The van der Waals surface area contributed by atoms with Gasteiger partial charge < -0.3 is 9.47 Å². The Hall–Kier alpha value is -2.29. The molecule has 3 heteroatoms. The minimum Gasteiger partial charge on any atom is -0.496 e. The van der Waals surface area contributed by atoms with E-state index < -0.39 is 0 Å². The lowest BCUT2D eigenvalue weighted by molar-refractivity contribution is 0.103. The molecule has 0 fully saturated rings. The molecule has 19 heavy (non-hydrogen) atoms. The molecule has 0 radical (unpaired) electrons. The molecule has 0 saturated heterocycles. The number of carbonyl (C=O) groups is 1. The number of benzene rings is 2. The van der Waals surface area contributed by atoms with Crippen molar-refractivity contribution in [3.8, 4) is 11.5 Å². The third-order valence-corrected chi connectivity index (χ3v) is 2.78. The summed E-state index contributed by atoms with van der Waals surface area (Å²) in [5.74, 6) is 1.29. The third kappa shape index (κ3) is 2.94. The normalized spacial score (nSPS) is 10.0. The average molecular weight is 256 g/mol. The summed E-state index contributed by atoms with van der Waals surface area (Å²) >= 11 is 0. The lowest BCUT2D eigenvalue weighted by Crippen LogP contribution is -2.03. The molecule has 0 unspecified atom stereocenters. The molecule has 0 aliphatic carbocycles. The highest BCUT2D eigenvalue weighted by molar-refractivity contribution is 6.10. The van der Waals surface area contributed by atoms with Gasteiger partial charge in [0, 0.05) is 5.56 Å². The van der Waals surface area contributed by atoms with Gasteiger partial charge in [-0.2, -0.15) is 0 Å². The van der Waals surface area contributed by atoms with Crippen molar-refractivity contribution >= 4 is 5.78 Å². The molecular weight excluding hydrogens is 240 g/mol. The van der Waals surface area contributed by atoms with E-state index in [-0.39, 0.29) is 5.78 Å². The summed E-state index contributed by atoms with van der Waals surface area (Å²) in [5.41, 5.74) is 1.18. The number of ketones is 1. The van der Waals surface area contributed by atoms with Crippen LogP contribution in [0, 0.1) is 0 Å². The molecule has 0 aromatic heterocycles. The van der Waals surface area contributed by atoms with Crippen molar-refractivity contribution in [2.24, 2.45) is 0 Å². The molecule has 0 spiro atoms. The van der Waals surface area contributed by atoms with Crippen LogP contribution in [0.3, 0.4) is 0 Å². The maximum atomic E-state index is 12.4. The lowest BCUT2D eigenvalue weighted by Gasteiger charge is -2.08. The first-order valence-corrected chi connectivity index (χ1v) is 6.17. The Bertz CT molecular complexity index is 558. The van der Waals surface area contributed by atoms with Crippen molar-refractivity contribution in [3.63, 3.8) is 0 Å². The molecule has 0 bridgehead atoms. The fraction of sp³-hybridized carbons (Fsp3) is 0.188. The first-order valence-electron chi connectivity index (χ1n) is 6.17. The van der Waals surface area contributed by atoms with Crippen LogP contribution in [-0.4, -0.2) is 19.5 Å². The summed E-state index contributed by atoms with van der Waals surface area (Å²) in [4.78, 5) is 12.4. The molecule has 3 nitrogen and oxygen atoms in total. The summed E-state index contributed by atoms with van der Waals surface area (Å²) < 4.78 is 10.6. The van der Waals surface area contributed by atoms with Crippen molar-refractivity contribution in [1.29, 1.82) is 0 Å². The zero-order chi connectivity index (χ0) is 13.7. The van der Waals surface area contributed by atoms with Gasteiger partial charge >= 0.3 is 0 Å². The van der Waals surface area contributed by atoms with Crippen LogP contribution < -0.4 is 9.47 Å². The van der Waals surface area contributed by atoms with Crippen LogP contribution in [0.25, 0.3) is 0 Å². The molecule has 0 heterocycles. The molecule has 0 aliphatic heterocycles. The van der Waals surface area contributed by atoms with Gasteiger partial charge in [0.15, 0.2) is 5.78 Å². The van der Waals surface area contributed by atoms with Crippen LogP contribution in [0.4, 0.5) is 0 Å². The Kier molecular flexibility index (Phi) is 4.18. The predicted octanol–water partition coefficient (Wildman–Crippen LogP) is 3.32. The smallest absolute Gasteiger partial charge is 0.196 e. The van der Waals surface area contributed by atoms with Crippen LogP contribution in [0.1, 0.15) is 22.8 Å². The highest BCUT2D eigenvalue weighted by atomic mass is 16.5. The van der Waals surface area contributed by atoms with E-state index in [0.717, 1.165) is 5.75 Å². The second-order valence-corrected chi connectivity index (χ2v) is 3.99. The first kappa shape index (κ1) is 13.1. The highest BCUT2D eigenvalue weighted by Gasteiger charge is 2.13. The number of rotatable bonds is 5. The van der Waals surface area contributed by atoms with Crippen LogP contribution in [-0.2, 0) is 0 Å². The summed E-state index contributed by atoms with van der Waals surface area (Å²) in [5, 5.41) is 0. The quantitative estimate of drug-likeness (QED) is 0.770. The molecule has 2 aromatic carbocycles. The minimum absolute atomic E-state index is 0.0551. The molecule has 0 N–H and O–H groups in total. The number of methoxy groups -OCH3 is 1. The van der Waals surface area contributed by atoms with E-state index in [9.17, 15) is 4.79 Å². The monoisotopic (exact) mass is 256 g/mol. The topological polar surface area (TPSA) is 35.5 Å². The average Bonchev–Trinajstić information content (AvgIpc) is 2.47. The van der Waals surface area contributed by atoms with E-state index in [1.54, 1.807) is 43.5 Å². The fourth-order valence-electron chi connectivity index (χ4n) is 1.86. The van der Waals surface area contributed by atoms with Gasteiger partial charge in [-0.25, -0.2) is 0 Å². The molecule has 0 atom stereocenters. The molecule has 2 aromatic rings. The summed E-state index contributed by atoms with van der Waals surface area (Å²) in [6.45, 7) is 2.54. The van der Waals surface area contributed by atoms with Gasteiger partial charge in [-0.3, -0.25) is 4.79 Å². The largest absolute Gasteiger partial charge is 0.496 e. The van der Waals surface area contributed by atoms with Crippen LogP contribution in [0.2, 0.25) is 0 Å². The Morgan fingerprint density at radius 2 is 1.74 bits per heavy atom. The summed E-state index contributed by atoms with van der Waals surface area (Å²) in [7, 11) is 1.56. The zero-order valence-corrected chi connectivity index (χ0v) is 11.1. The van der Waals surface area contributed by atoms with Crippen LogP contribution >= 0.6 is 0 Å². The second-order valence-electron chi connectivity index (χ2n) is 3.99. The highest BCUT2D eigenvalue weighted by Crippen LogP contribution is 2.22. The minimum atomic E-state index is -0.0551. The van der Waals surface area contributed by atoms with E-state index in [4.69, 9.17) is 9.47 Å². The van der Waals surface area contributed by atoms with Gasteiger partial charge in [-0.05, 0) is 43.3 Å².